The smallest absolute Gasteiger partial charge is 0.249 e. The number of hydrogen-bond donors (Lipinski definition) is 2. The molecular formula is C15H22N4O3S2. The molecule has 0 fully saturated rings. The van der Waals surface area contributed by atoms with Gasteiger partial charge >= 0.3 is 0 Å². The summed E-state index contributed by atoms with van der Waals surface area (Å²) < 4.78 is 25.7. The molecule has 1 aromatic rings. The molecule has 7 nitrogen and oxygen atoms in total. The van der Waals surface area contributed by atoms with E-state index in [9.17, 15) is 13.2 Å². The standard InChI is InChI=1S/C15H22N4O3S2/c1-14(2,3)12(20)19-15(23-13(16)18-19,10-17-24(4,21)22)11-8-6-5-7-9-11/h5-9,17H,10H2,1-4H3,(H2,16,18). The molecule has 0 bridgehead atoms. The zero-order valence-corrected chi connectivity index (χ0v) is 15.7. The molecule has 1 aliphatic rings. The van der Waals surface area contributed by atoms with Crippen molar-refractivity contribution in [2.75, 3.05) is 12.8 Å². The van der Waals surface area contributed by atoms with Crippen LogP contribution < -0.4 is 10.5 Å². The number of hydrogen-bond acceptors (Lipinski definition) is 6. The minimum Gasteiger partial charge on any atom is -0.377 e. The highest BCUT2D eigenvalue weighted by Crippen LogP contribution is 2.46. The highest BCUT2D eigenvalue weighted by molar-refractivity contribution is 8.14. The van der Waals surface area contributed by atoms with Gasteiger partial charge in [-0.1, -0.05) is 62.9 Å². The van der Waals surface area contributed by atoms with Gasteiger partial charge in [0.2, 0.25) is 15.9 Å². The highest BCUT2D eigenvalue weighted by Gasteiger charge is 2.50. The number of hydrazone groups is 1. The monoisotopic (exact) mass is 370 g/mol. The Morgan fingerprint density at radius 3 is 2.42 bits per heavy atom. The number of amidine groups is 1. The maximum absolute atomic E-state index is 12.9. The lowest BCUT2D eigenvalue weighted by Gasteiger charge is -2.38. The Labute approximate surface area is 146 Å². The van der Waals surface area contributed by atoms with Gasteiger partial charge in [-0.05, 0) is 5.56 Å². The van der Waals surface area contributed by atoms with E-state index in [1.54, 1.807) is 20.8 Å². The lowest BCUT2D eigenvalue weighted by atomic mass is 9.93. The van der Waals surface area contributed by atoms with Gasteiger partial charge in [0.15, 0.2) is 10.0 Å². The number of rotatable bonds is 4. The van der Waals surface area contributed by atoms with Crippen LogP contribution in [0.3, 0.4) is 0 Å². The number of carbonyl (C=O) groups excluding carboxylic acids is 1. The predicted octanol–water partition coefficient (Wildman–Crippen LogP) is 1.24. The van der Waals surface area contributed by atoms with Gasteiger partial charge < -0.3 is 5.73 Å². The Morgan fingerprint density at radius 2 is 1.92 bits per heavy atom. The van der Waals surface area contributed by atoms with Crippen LogP contribution in [0.1, 0.15) is 26.3 Å². The summed E-state index contributed by atoms with van der Waals surface area (Å²) in [5.74, 6) is -0.241. The first-order valence-electron chi connectivity index (χ1n) is 7.34. The van der Waals surface area contributed by atoms with Gasteiger partial charge in [0.25, 0.3) is 0 Å². The molecule has 0 saturated carbocycles. The minimum atomic E-state index is -3.45. The fraction of sp³-hybridized carbons (Fsp3) is 0.467. The van der Waals surface area contributed by atoms with E-state index in [0.717, 1.165) is 11.8 Å². The van der Waals surface area contributed by atoms with Crippen LogP contribution in [0.4, 0.5) is 0 Å². The number of nitrogens with zero attached hydrogens (tertiary/aromatic N) is 2. The molecular weight excluding hydrogens is 348 g/mol. The molecule has 1 aliphatic heterocycles. The number of thioether (sulfide) groups is 1. The molecule has 0 saturated heterocycles. The predicted molar refractivity (Wildman–Crippen MR) is 96.5 cm³/mol. The zero-order chi connectivity index (χ0) is 18.2. The average molecular weight is 371 g/mol. The maximum Gasteiger partial charge on any atom is 0.249 e. The van der Waals surface area contributed by atoms with Crippen LogP contribution in [0.25, 0.3) is 0 Å². The molecule has 1 unspecified atom stereocenters. The fourth-order valence-corrected chi connectivity index (χ4v) is 3.90. The number of nitrogens with one attached hydrogen (secondary N) is 1. The first-order valence-corrected chi connectivity index (χ1v) is 10.0. The van der Waals surface area contributed by atoms with Crippen molar-refractivity contribution < 1.29 is 13.2 Å². The second-order valence-electron chi connectivity index (χ2n) is 6.65. The van der Waals surface area contributed by atoms with Gasteiger partial charge in [0, 0.05) is 5.41 Å². The number of benzene rings is 1. The van der Waals surface area contributed by atoms with Crippen molar-refractivity contribution in [3.8, 4) is 0 Å². The lowest BCUT2D eigenvalue weighted by molar-refractivity contribution is -0.143. The normalized spacial score (nSPS) is 21.7. The summed E-state index contributed by atoms with van der Waals surface area (Å²) in [6.07, 6.45) is 1.07. The third kappa shape index (κ3) is 3.90. The van der Waals surface area contributed by atoms with E-state index in [0.29, 0.717) is 0 Å². The Morgan fingerprint density at radius 1 is 1.33 bits per heavy atom. The van der Waals surface area contributed by atoms with Crippen LogP contribution in [0, 0.1) is 5.41 Å². The Hall–Kier alpha value is -1.58. The summed E-state index contributed by atoms with van der Waals surface area (Å²) in [6, 6.07) is 9.15. The van der Waals surface area contributed by atoms with E-state index in [1.165, 1.54) is 16.8 Å². The number of nitrogens with two attached hydrogens (primary N) is 1. The van der Waals surface area contributed by atoms with E-state index >= 15 is 0 Å². The average Bonchev–Trinajstić information content (AvgIpc) is 2.81. The molecule has 132 valence electrons. The Kier molecular flexibility index (Phi) is 4.98. The molecule has 24 heavy (non-hydrogen) atoms. The molecule has 0 radical (unpaired) electrons. The molecule has 9 heteroatoms. The molecule has 0 aliphatic carbocycles. The molecule has 1 atom stereocenters. The number of carbonyl (C=O) groups is 1. The molecule has 3 N–H and O–H groups in total. The highest BCUT2D eigenvalue weighted by atomic mass is 32.2. The van der Waals surface area contributed by atoms with Gasteiger partial charge in [-0.2, -0.15) is 0 Å². The van der Waals surface area contributed by atoms with E-state index < -0.39 is 20.3 Å². The molecule has 1 aromatic carbocycles. The summed E-state index contributed by atoms with van der Waals surface area (Å²) in [7, 11) is -3.45. The second-order valence-corrected chi connectivity index (χ2v) is 9.78. The van der Waals surface area contributed by atoms with Crippen molar-refractivity contribution in [2.24, 2.45) is 16.3 Å². The largest absolute Gasteiger partial charge is 0.377 e. The van der Waals surface area contributed by atoms with E-state index in [4.69, 9.17) is 5.73 Å². The lowest BCUT2D eigenvalue weighted by Crippen LogP contribution is -2.52. The quantitative estimate of drug-likeness (QED) is 0.830. The van der Waals surface area contributed by atoms with E-state index in [-0.39, 0.29) is 17.6 Å². The van der Waals surface area contributed by atoms with Crippen LogP contribution in [0.2, 0.25) is 0 Å². The molecule has 0 spiro atoms. The maximum atomic E-state index is 12.9. The topological polar surface area (TPSA) is 105 Å². The van der Waals surface area contributed by atoms with Crippen molar-refractivity contribution in [3.63, 3.8) is 0 Å². The molecule has 2 rings (SSSR count). The van der Waals surface area contributed by atoms with Gasteiger partial charge in [-0.3, -0.25) is 4.79 Å². The minimum absolute atomic E-state index is 0.0352. The van der Waals surface area contributed by atoms with Crippen molar-refractivity contribution >= 4 is 32.9 Å². The summed E-state index contributed by atoms with van der Waals surface area (Å²) in [4.78, 5) is 11.8. The van der Waals surface area contributed by atoms with Crippen molar-refractivity contribution in [1.82, 2.24) is 9.73 Å². The number of amides is 1. The molecule has 0 aromatic heterocycles. The summed E-state index contributed by atoms with van der Waals surface area (Å²) in [5.41, 5.74) is 5.95. The number of sulfonamides is 1. The van der Waals surface area contributed by atoms with Gasteiger partial charge in [-0.15, -0.1) is 5.10 Å². The summed E-state index contributed by atoms with van der Waals surface area (Å²) in [5, 5.41) is 5.71. The Balaban J connectivity index is 2.54. The van der Waals surface area contributed by atoms with Crippen LogP contribution in [-0.2, 0) is 19.7 Å². The van der Waals surface area contributed by atoms with E-state index in [2.05, 4.69) is 9.82 Å². The second kappa shape index (κ2) is 6.38. The van der Waals surface area contributed by atoms with Crippen LogP contribution in [0.5, 0.6) is 0 Å². The van der Waals surface area contributed by atoms with Crippen molar-refractivity contribution in [3.05, 3.63) is 35.9 Å². The molecule has 1 heterocycles. The van der Waals surface area contributed by atoms with Crippen LogP contribution in [0.15, 0.2) is 35.4 Å². The summed E-state index contributed by atoms with van der Waals surface area (Å²) in [6.45, 7) is 5.31. The Bertz CT molecular complexity index is 757. The van der Waals surface area contributed by atoms with Crippen molar-refractivity contribution in [1.29, 1.82) is 0 Å². The third-order valence-electron chi connectivity index (χ3n) is 3.45. The third-order valence-corrected chi connectivity index (χ3v) is 5.30. The fourth-order valence-electron chi connectivity index (χ4n) is 2.26. The summed E-state index contributed by atoms with van der Waals surface area (Å²) >= 11 is 1.17. The van der Waals surface area contributed by atoms with E-state index in [1.807, 2.05) is 30.3 Å². The zero-order valence-electron chi connectivity index (χ0n) is 14.1. The van der Waals surface area contributed by atoms with Crippen molar-refractivity contribution in [2.45, 2.75) is 25.6 Å². The van der Waals surface area contributed by atoms with Crippen LogP contribution >= 0.6 is 11.8 Å². The first-order chi connectivity index (χ1) is 11.0. The van der Waals surface area contributed by atoms with Gasteiger partial charge in [-0.25, -0.2) is 18.1 Å². The first kappa shape index (κ1) is 18.8. The molecule has 1 amide bonds. The van der Waals surface area contributed by atoms with Crippen LogP contribution in [-0.4, -0.2) is 37.3 Å². The van der Waals surface area contributed by atoms with Gasteiger partial charge in [0.1, 0.15) is 0 Å². The SMILES string of the molecule is CC(C)(C)C(=O)N1N=C(N)SC1(CNS(C)(=O)=O)c1ccccc1. The van der Waals surface area contributed by atoms with Gasteiger partial charge in [0.05, 0.1) is 12.8 Å².